The molecule has 0 bridgehead atoms. The standard InChI is InChI=1S/C13H19N/c1-5-7-8-11(3)13(6-2)10-9-12(4)14/h5,7-10H,1,3,6,14H2,2,4H3/b8-7-,12-9+,13-10+. The van der Waals surface area contributed by atoms with E-state index >= 15 is 0 Å². The number of nitrogens with two attached hydrogens (primary N) is 1. The number of hydrogen-bond donors (Lipinski definition) is 1. The largest absolute Gasteiger partial charge is 0.402 e. The van der Waals surface area contributed by atoms with Crippen molar-refractivity contribution in [1.82, 2.24) is 0 Å². The molecule has 1 heteroatoms. The van der Waals surface area contributed by atoms with E-state index in [9.17, 15) is 0 Å². The Labute approximate surface area is 87.0 Å². The van der Waals surface area contributed by atoms with Gasteiger partial charge in [-0.3, -0.25) is 0 Å². The minimum atomic E-state index is 0.802. The Morgan fingerprint density at radius 1 is 1.36 bits per heavy atom. The molecule has 76 valence electrons. The number of hydrogen-bond acceptors (Lipinski definition) is 1. The molecule has 0 saturated carbocycles. The summed E-state index contributed by atoms with van der Waals surface area (Å²) in [6.45, 7) is 11.5. The fraction of sp³-hybridized carbons (Fsp3) is 0.231. The quantitative estimate of drug-likeness (QED) is 0.658. The molecule has 0 saturated heterocycles. The summed E-state index contributed by atoms with van der Waals surface area (Å²) in [6, 6.07) is 0. The SMILES string of the molecule is C=C/C=C\C(=C)/C(=C/C=C(\C)N)CC. The first kappa shape index (κ1) is 12.5. The van der Waals surface area contributed by atoms with E-state index in [-0.39, 0.29) is 0 Å². The molecule has 0 aromatic carbocycles. The average Bonchev–Trinajstić information content (AvgIpc) is 2.15. The van der Waals surface area contributed by atoms with Crippen LogP contribution in [0.25, 0.3) is 0 Å². The van der Waals surface area contributed by atoms with E-state index in [0.717, 1.165) is 17.7 Å². The summed E-state index contributed by atoms with van der Waals surface area (Å²) in [4.78, 5) is 0. The lowest BCUT2D eigenvalue weighted by Crippen LogP contribution is -1.89. The van der Waals surface area contributed by atoms with E-state index in [1.54, 1.807) is 6.08 Å². The lowest BCUT2D eigenvalue weighted by atomic mass is 10.0. The molecular weight excluding hydrogens is 170 g/mol. The van der Waals surface area contributed by atoms with Crippen molar-refractivity contribution in [3.8, 4) is 0 Å². The van der Waals surface area contributed by atoms with Gasteiger partial charge in [0.05, 0.1) is 0 Å². The van der Waals surface area contributed by atoms with E-state index in [0.29, 0.717) is 0 Å². The van der Waals surface area contributed by atoms with Crippen LogP contribution in [0.1, 0.15) is 20.3 Å². The Hall–Kier alpha value is -1.50. The van der Waals surface area contributed by atoms with Crippen LogP contribution in [0.3, 0.4) is 0 Å². The zero-order valence-corrected chi connectivity index (χ0v) is 9.09. The van der Waals surface area contributed by atoms with Crippen LogP contribution in [-0.4, -0.2) is 0 Å². The van der Waals surface area contributed by atoms with Crippen LogP contribution in [0.5, 0.6) is 0 Å². The lowest BCUT2D eigenvalue weighted by molar-refractivity contribution is 1.12. The van der Waals surface area contributed by atoms with Gasteiger partial charge in [0.15, 0.2) is 0 Å². The molecule has 0 radical (unpaired) electrons. The van der Waals surface area contributed by atoms with Crippen molar-refractivity contribution in [3.05, 3.63) is 60.4 Å². The van der Waals surface area contributed by atoms with Crippen LogP contribution in [0.4, 0.5) is 0 Å². The van der Waals surface area contributed by atoms with Crippen molar-refractivity contribution in [1.29, 1.82) is 0 Å². The maximum Gasteiger partial charge on any atom is 0.00489 e. The number of rotatable bonds is 5. The topological polar surface area (TPSA) is 26.0 Å². The minimum absolute atomic E-state index is 0.802. The first-order valence-electron chi connectivity index (χ1n) is 4.73. The van der Waals surface area contributed by atoms with Crippen LogP contribution < -0.4 is 5.73 Å². The molecule has 0 atom stereocenters. The maximum atomic E-state index is 5.55. The van der Waals surface area contributed by atoms with Crippen molar-refractivity contribution >= 4 is 0 Å². The molecule has 0 aromatic rings. The van der Waals surface area contributed by atoms with E-state index in [1.807, 2.05) is 31.2 Å². The summed E-state index contributed by atoms with van der Waals surface area (Å²) in [5.74, 6) is 0. The predicted octanol–water partition coefficient (Wildman–Crippen LogP) is 3.48. The van der Waals surface area contributed by atoms with E-state index in [2.05, 4.69) is 20.1 Å². The van der Waals surface area contributed by atoms with Crippen molar-refractivity contribution < 1.29 is 0 Å². The normalized spacial score (nSPS) is 13.3. The number of allylic oxidation sites excluding steroid dienone is 8. The Bertz CT molecular complexity index is 286. The van der Waals surface area contributed by atoms with Gasteiger partial charge >= 0.3 is 0 Å². The van der Waals surface area contributed by atoms with Gasteiger partial charge in [-0.15, -0.1) is 0 Å². The van der Waals surface area contributed by atoms with Gasteiger partial charge < -0.3 is 5.73 Å². The summed E-state index contributed by atoms with van der Waals surface area (Å²) in [5, 5.41) is 0. The molecule has 0 aliphatic rings. The fourth-order valence-electron chi connectivity index (χ4n) is 0.975. The highest BCUT2D eigenvalue weighted by atomic mass is 14.5. The van der Waals surface area contributed by atoms with E-state index in [1.165, 1.54) is 5.57 Å². The summed E-state index contributed by atoms with van der Waals surface area (Å²) in [7, 11) is 0. The second-order valence-electron chi connectivity index (χ2n) is 3.08. The zero-order chi connectivity index (χ0) is 11.0. The summed E-state index contributed by atoms with van der Waals surface area (Å²) in [6.07, 6.45) is 10.4. The van der Waals surface area contributed by atoms with Gasteiger partial charge in [0.2, 0.25) is 0 Å². The Morgan fingerprint density at radius 3 is 2.43 bits per heavy atom. The minimum Gasteiger partial charge on any atom is -0.402 e. The molecule has 0 aliphatic carbocycles. The average molecular weight is 189 g/mol. The molecule has 14 heavy (non-hydrogen) atoms. The third-order valence-electron chi connectivity index (χ3n) is 1.77. The first-order chi connectivity index (χ1) is 6.61. The van der Waals surface area contributed by atoms with Gasteiger partial charge in [0.1, 0.15) is 0 Å². The zero-order valence-electron chi connectivity index (χ0n) is 9.09. The molecule has 0 rings (SSSR count). The molecule has 0 aromatic heterocycles. The smallest absolute Gasteiger partial charge is 0.00489 e. The van der Waals surface area contributed by atoms with Crippen molar-refractivity contribution in [2.45, 2.75) is 20.3 Å². The molecule has 1 nitrogen and oxygen atoms in total. The highest BCUT2D eigenvalue weighted by molar-refractivity contribution is 5.40. The molecule has 0 fully saturated rings. The Morgan fingerprint density at radius 2 is 2.00 bits per heavy atom. The summed E-state index contributed by atoms with van der Waals surface area (Å²) >= 11 is 0. The molecule has 0 spiro atoms. The third-order valence-corrected chi connectivity index (χ3v) is 1.77. The van der Waals surface area contributed by atoms with Crippen LogP contribution in [0, 0.1) is 0 Å². The molecule has 0 amide bonds. The van der Waals surface area contributed by atoms with Crippen molar-refractivity contribution in [2.75, 3.05) is 0 Å². The summed E-state index contributed by atoms with van der Waals surface area (Å²) < 4.78 is 0. The molecule has 2 N–H and O–H groups in total. The second kappa shape index (κ2) is 6.96. The molecular formula is C13H19N. The van der Waals surface area contributed by atoms with Gasteiger partial charge in [-0.1, -0.05) is 44.4 Å². The maximum absolute atomic E-state index is 5.55. The van der Waals surface area contributed by atoms with Crippen molar-refractivity contribution in [2.24, 2.45) is 5.73 Å². The van der Waals surface area contributed by atoms with Gasteiger partial charge in [0, 0.05) is 5.70 Å². The lowest BCUT2D eigenvalue weighted by Gasteiger charge is -2.02. The first-order valence-corrected chi connectivity index (χ1v) is 4.73. The highest BCUT2D eigenvalue weighted by Gasteiger charge is 1.94. The summed E-state index contributed by atoms with van der Waals surface area (Å²) in [5.41, 5.74) is 8.54. The molecule has 0 unspecified atom stereocenters. The van der Waals surface area contributed by atoms with Gasteiger partial charge in [-0.2, -0.15) is 0 Å². The monoisotopic (exact) mass is 189 g/mol. The highest BCUT2D eigenvalue weighted by Crippen LogP contribution is 2.13. The van der Waals surface area contributed by atoms with Crippen LogP contribution in [-0.2, 0) is 0 Å². The van der Waals surface area contributed by atoms with Crippen LogP contribution >= 0.6 is 0 Å². The fourth-order valence-corrected chi connectivity index (χ4v) is 0.975. The van der Waals surface area contributed by atoms with E-state index < -0.39 is 0 Å². The second-order valence-corrected chi connectivity index (χ2v) is 3.08. The van der Waals surface area contributed by atoms with E-state index in [4.69, 9.17) is 5.73 Å². The van der Waals surface area contributed by atoms with Gasteiger partial charge in [-0.25, -0.2) is 0 Å². The van der Waals surface area contributed by atoms with Gasteiger partial charge in [0.25, 0.3) is 0 Å². The Balaban J connectivity index is 4.64. The third kappa shape index (κ3) is 5.20. The Kier molecular flexibility index (Phi) is 6.21. The van der Waals surface area contributed by atoms with Crippen molar-refractivity contribution in [3.63, 3.8) is 0 Å². The van der Waals surface area contributed by atoms with Crippen LogP contribution in [0.2, 0.25) is 0 Å². The predicted molar refractivity (Wildman–Crippen MR) is 64.8 cm³/mol. The van der Waals surface area contributed by atoms with Gasteiger partial charge in [-0.05, 0) is 30.6 Å². The molecule has 0 heterocycles. The van der Waals surface area contributed by atoms with Crippen LogP contribution in [0.15, 0.2) is 60.4 Å². The molecule has 0 aliphatic heterocycles.